The van der Waals surface area contributed by atoms with Gasteiger partial charge in [-0.05, 0) is 11.6 Å². The third-order valence-corrected chi connectivity index (χ3v) is 2.90. The monoisotopic (exact) mass is 285 g/mol. The number of nitrogens with zero attached hydrogens (tertiary/aromatic N) is 1. The number of methoxy groups -OCH3 is 1. The highest BCUT2D eigenvalue weighted by molar-refractivity contribution is 5.97. The maximum Gasteiger partial charge on any atom is 0.253 e. The van der Waals surface area contributed by atoms with E-state index in [0.717, 1.165) is 0 Å². The van der Waals surface area contributed by atoms with E-state index in [2.05, 4.69) is 10.3 Å². The molecule has 0 unspecified atom stereocenters. The van der Waals surface area contributed by atoms with Gasteiger partial charge in [-0.1, -0.05) is 30.3 Å². The highest BCUT2D eigenvalue weighted by Gasteiger charge is 2.20. The maximum absolute atomic E-state index is 12.1. The molecule has 1 atom stereocenters. The summed E-state index contributed by atoms with van der Waals surface area (Å²) in [4.78, 5) is 27.6. The number of hydrogen-bond acceptors (Lipinski definition) is 4. The van der Waals surface area contributed by atoms with Crippen molar-refractivity contribution in [2.45, 2.75) is 6.04 Å². The SMILES string of the molecule is COc1ccc(C(=O)N[C@@H](C(N)=O)c2ccccc2)cn1. The zero-order chi connectivity index (χ0) is 15.2. The molecule has 0 aliphatic rings. The molecule has 0 bridgehead atoms. The molecule has 1 heterocycles. The number of aromatic nitrogens is 1. The van der Waals surface area contributed by atoms with Gasteiger partial charge >= 0.3 is 0 Å². The fourth-order valence-electron chi connectivity index (χ4n) is 1.81. The van der Waals surface area contributed by atoms with Gasteiger partial charge in [0, 0.05) is 12.3 Å². The van der Waals surface area contributed by atoms with E-state index in [1.54, 1.807) is 36.4 Å². The number of benzene rings is 1. The van der Waals surface area contributed by atoms with E-state index in [4.69, 9.17) is 10.5 Å². The van der Waals surface area contributed by atoms with Gasteiger partial charge in [0.1, 0.15) is 6.04 Å². The summed E-state index contributed by atoms with van der Waals surface area (Å²) in [6, 6.07) is 11.0. The van der Waals surface area contributed by atoms with Crippen LogP contribution < -0.4 is 15.8 Å². The normalized spacial score (nSPS) is 11.5. The van der Waals surface area contributed by atoms with Gasteiger partial charge in [0.25, 0.3) is 5.91 Å². The molecule has 1 aromatic heterocycles. The fraction of sp³-hybridized carbons (Fsp3) is 0.133. The van der Waals surface area contributed by atoms with Gasteiger partial charge in [0.15, 0.2) is 0 Å². The first-order valence-corrected chi connectivity index (χ1v) is 6.27. The van der Waals surface area contributed by atoms with E-state index in [1.807, 2.05) is 6.07 Å². The largest absolute Gasteiger partial charge is 0.481 e. The van der Waals surface area contributed by atoms with Gasteiger partial charge in [0.05, 0.1) is 12.7 Å². The number of rotatable bonds is 5. The lowest BCUT2D eigenvalue weighted by Crippen LogP contribution is -2.37. The second-order valence-electron chi connectivity index (χ2n) is 4.31. The molecule has 0 saturated carbocycles. The molecule has 3 N–H and O–H groups in total. The molecule has 6 heteroatoms. The van der Waals surface area contributed by atoms with Crippen LogP contribution in [0.2, 0.25) is 0 Å². The Labute approximate surface area is 121 Å². The summed E-state index contributed by atoms with van der Waals surface area (Å²) in [5.41, 5.74) is 6.29. The van der Waals surface area contributed by atoms with Crippen molar-refractivity contribution in [1.29, 1.82) is 0 Å². The molecule has 108 valence electrons. The quantitative estimate of drug-likeness (QED) is 0.858. The second kappa shape index (κ2) is 6.51. The van der Waals surface area contributed by atoms with Crippen LogP contribution in [0, 0.1) is 0 Å². The molecule has 21 heavy (non-hydrogen) atoms. The summed E-state index contributed by atoms with van der Waals surface area (Å²) in [7, 11) is 1.49. The Morgan fingerprint density at radius 1 is 1.19 bits per heavy atom. The van der Waals surface area contributed by atoms with Crippen molar-refractivity contribution in [3.8, 4) is 5.88 Å². The third kappa shape index (κ3) is 3.56. The summed E-state index contributed by atoms with van der Waals surface area (Å²) in [5, 5.41) is 2.59. The Morgan fingerprint density at radius 3 is 2.43 bits per heavy atom. The van der Waals surface area contributed by atoms with E-state index >= 15 is 0 Å². The van der Waals surface area contributed by atoms with Crippen LogP contribution in [0.25, 0.3) is 0 Å². The summed E-state index contributed by atoms with van der Waals surface area (Å²) in [6.45, 7) is 0. The Morgan fingerprint density at radius 2 is 1.90 bits per heavy atom. The number of pyridine rings is 1. The van der Waals surface area contributed by atoms with Gasteiger partial charge in [-0.25, -0.2) is 4.98 Å². The van der Waals surface area contributed by atoms with Gasteiger partial charge in [-0.15, -0.1) is 0 Å². The fourth-order valence-corrected chi connectivity index (χ4v) is 1.81. The summed E-state index contributed by atoms with van der Waals surface area (Å²) < 4.78 is 4.92. The number of primary amides is 1. The number of nitrogens with one attached hydrogen (secondary N) is 1. The lowest BCUT2D eigenvalue weighted by Gasteiger charge is -2.15. The Bertz CT molecular complexity index is 626. The highest BCUT2D eigenvalue weighted by atomic mass is 16.5. The topological polar surface area (TPSA) is 94.3 Å². The molecule has 1 aromatic carbocycles. The summed E-state index contributed by atoms with van der Waals surface area (Å²) in [5.74, 6) is -0.658. The van der Waals surface area contributed by atoms with Gasteiger partial charge < -0.3 is 15.8 Å². The Balaban J connectivity index is 2.16. The molecule has 2 rings (SSSR count). The Kier molecular flexibility index (Phi) is 4.50. The van der Waals surface area contributed by atoms with Crippen LogP contribution in [-0.4, -0.2) is 23.9 Å². The van der Waals surface area contributed by atoms with Crippen molar-refractivity contribution < 1.29 is 14.3 Å². The molecule has 0 fully saturated rings. The predicted octanol–water partition coefficient (Wildman–Crippen LogP) is 1.05. The first-order valence-electron chi connectivity index (χ1n) is 6.27. The molecule has 0 radical (unpaired) electrons. The zero-order valence-corrected chi connectivity index (χ0v) is 11.4. The van der Waals surface area contributed by atoms with Gasteiger partial charge in [-0.2, -0.15) is 0 Å². The molecule has 2 aromatic rings. The third-order valence-electron chi connectivity index (χ3n) is 2.90. The number of carbonyl (C=O) groups is 2. The van der Waals surface area contributed by atoms with Crippen molar-refractivity contribution >= 4 is 11.8 Å². The first kappa shape index (κ1) is 14.5. The van der Waals surface area contributed by atoms with Crippen LogP contribution in [-0.2, 0) is 4.79 Å². The van der Waals surface area contributed by atoms with Crippen LogP contribution in [0.15, 0.2) is 48.7 Å². The van der Waals surface area contributed by atoms with Crippen LogP contribution >= 0.6 is 0 Å². The van der Waals surface area contributed by atoms with Crippen LogP contribution in [0.4, 0.5) is 0 Å². The standard InChI is InChI=1S/C15H15N3O3/c1-21-12-8-7-11(9-17-12)15(20)18-13(14(16)19)10-5-3-2-4-6-10/h2-9,13H,1H3,(H2,16,19)(H,18,20)/t13-/m1/s1. The number of amides is 2. The van der Waals surface area contributed by atoms with Gasteiger partial charge in [0.2, 0.25) is 11.8 Å². The minimum absolute atomic E-state index is 0.318. The lowest BCUT2D eigenvalue weighted by molar-refractivity contribution is -0.120. The average Bonchev–Trinajstić information content (AvgIpc) is 2.53. The molecule has 0 saturated heterocycles. The smallest absolute Gasteiger partial charge is 0.253 e. The molecular formula is C15H15N3O3. The number of nitrogens with two attached hydrogens (primary N) is 1. The zero-order valence-electron chi connectivity index (χ0n) is 11.4. The molecule has 0 spiro atoms. The maximum atomic E-state index is 12.1. The van der Waals surface area contributed by atoms with Crippen LogP contribution in [0.5, 0.6) is 5.88 Å². The van der Waals surface area contributed by atoms with Crippen LogP contribution in [0.1, 0.15) is 22.0 Å². The van der Waals surface area contributed by atoms with E-state index in [0.29, 0.717) is 17.0 Å². The van der Waals surface area contributed by atoms with E-state index in [-0.39, 0.29) is 0 Å². The highest BCUT2D eigenvalue weighted by Crippen LogP contribution is 2.13. The Hall–Kier alpha value is -2.89. The van der Waals surface area contributed by atoms with Crippen molar-refractivity contribution in [1.82, 2.24) is 10.3 Å². The van der Waals surface area contributed by atoms with Crippen molar-refractivity contribution in [2.24, 2.45) is 5.73 Å². The minimum atomic E-state index is -0.888. The van der Waals surface area contributed by atoms with Crippen molar-refractivity contribution in [2.75, 3.05) is 7.11 Å². The number of ether oxygens (including phenoxy) is 1. The van der Waals surface area contributed by atoms with Crippen LogP contribution in [0.3, 0.4) is 0 Å². The molecule has 6 nitrogen and oxygen atoms in total. The van der Waals surface area contributed by atoms with Crippen molar-refractivity contribution in [3.05, 3.63) is 59.8 Å². The summed E-state index contributed by atoms with van der Waals surface area (Å²) in [6.07, 6.45) is 1.37. The van der Waals surface area contributed by atoms with E-state index < -0.39 is 17.9 Å². The van der Waals surface area contributed by atoms with Crippen molar-refractivity contribution in [3.63, 3.8) is 0 Å². The molecule has 0 aliphatic carbocycles. The second-order valence-corrected chi connectivity index (χ2v) is 4.31. The van der Waals surface area contributed by atoms with E-state index in [9.17, 15) is 9.59 Å². The lowest BCUT2D eigenvalue weighted by atomic mass is 10.1. The predicted molar refractivity (Wildman–Crippen MR) is 76.6 cm³/mol. The number of carbonyl (C=O) groups excluding carboxylic acids is 2. The minimum Gasteiger partial charge on any atom is -0.481 e. The molecule has 2 amide bonds. The average molecular weight is 285 g/mol. The summed E-state index contributed by atoms with van der Waals surface area (Å²) >= 11 is 0. The molecular weight excluding hydrogens is 270 g/mol. The van der Waals surface area contributed by atoms with E-state index in [1.165, 1.54) is 13.3 Å². The first-order chi connectivity index (χ1) is 10.1. The van der Waals surface area contributed by atoms with Gasteiger partial charge in [-0.3, -0.25) is 9.59 Å². The molecule has 0 aliphatic heterocycles. The number of hydrogen-bond donors (Lipinski definition) is 2.